The fraction of sp³-hybridized carbons (Fsp3) is 0.538. The van der Waals surface area contributed by atoms with Gasteiger partial charge in [-0.05, 0) is 37.5 Å². The molecular weight excluding hydrogens is 224 g/mol. The number of likely N-dealkylation sites (tertiary alicyclic amines) is 1. The molecule has 1 saturated heterocycles. The summed E-state index contributed by atoms with van der Waals surface area (Å²) in [6.07, 6.45) is 1.40. The molecule has 0 aliphatic carbocycles. The highest BCUT2D eigenvalue weighted by atomic mass is 19.1. The van der Waals surface area contributed by atoms with Gasteiger partial charge in [-0.2, -0.15) is 0 Å². The lowest BCUT2D eigenvalue weighted by Gasteiger charge is -2.35. The predicted molar refractivity (Wildman–Crippen MR) is 61.5 cm³/mol. The van der Waals surface area contributed by atoms with Gasteiger partial charge in [-0.25, -0.2) is 8.78 Å². The van der Waals surface area contributed by atoms with Crippen molar-refractivity contribution in [3.8, 4) is 0 Å². The van der Waals surface area contributed by atoms with Gasteiger partial charge in [0.05, 0.1) is 5.60 Å². The Hall–Kier alpha value is -1.00. The molecule has 2 rings (SSSR count). The molecule has 0 radical (unpaired) electrons. The van der Waals surface area contributed by atoms with Crippen molar-refractivity contribution in [3.05, 3.63) is 35.4 Å². The van der Waals surface area contributed by atoms with Gasteiger partial charge in [0.2, 0.25) is 0 Å². The van der Waals surface area contributed by atoms with Crippen molar-refractivity contribution in [3.63, 3.8) is 0 Å². The summed E-state index contributed by atoms with van der Waals surface area (Å²) in [5.41, 5.74) is 0.0491. The SMILES string of the molecule is CC1(O)CCN(Cc2cc(F)cc(F)c2)CC1. The van der Waals surface area contributed by atoms with Gasteiger partial charge in [-0.3, -0.25) is 4.90 Å². The molecule has 1 aliphatic rings. The van der Waals surface area contributed by atoms with Crippen molar-refractivity contribution in [2.24, 2.45) is 0 Å². The second-order valence-electron chi connectivity index (χ2n) is 5.05. The predicted octanol–water partition coefficient (Wildman–Crippen LogP) is 2.31. The fourth-order valence-corrected chi connectivity index (χ4v) is 2.15. The Morgan fingerprint density at radius 3 is 2.24 bits per heavy atom. The summed E-state index contributed by atoms with van der Waals surface area (Å²) in [6.45, 7) is 3.87. The minimum atomic E-state index is -0.594. The summed E-state index contributed by atoms with van der Waals surface area (Å²) < 4.78 is 26.0. The highest BCUT2D eigenvalue weighted by molar-refractivity contribution is 5.17. The first kappa shape index (κ1) is 12.5. The first-order chi connectivity index (χ1) is 7.94. The third kappa shape index (κ3) is 3.48. The Kier molecular flexibility index (Phi) is 3.45. The van der Waals surface area contributed by atoms with E-state index in [4.69, 9.17) is 0 Å². The van der Waals surface area contributed by atoms with Crippen LogP contribution in [0.15, 0.2) is 18.2 Å². The van der Waals surface area contributed by atoms with Crippen LogP contribution in [0.3, 0.4) is 0 Å². The van der Waals surface area contributed by atoms with Crippen LogP contribution in [0, 0.1) is 11.6 Å². The molecular formula is C13H17F2NO. The molecule has 0 amide bonds. The van der Waals surface area contributed by atoms with Crippen molar-refractivity contribution in [2.45, 2.75) is 31.9 Å². The van der Waals surface area contributed by atoms with Crippen LogP contribution in [0.2, 0.25) is 0 Å². The van der Waals surface area contributed by atoms with E-state index in [9.17, 15) is 13.9 Å². The largest absolute Gasteiger partial charge is 0.390 e. The molecule has 1 aromatic carbocycles. The van der Waals surface area contributed by atoms with E-state index in [1.54, 1.807) is 0 Å². The Balaban J connectivity index is 1.97. The van der Waals surface area contributed by atoms with E-state index >= 15 is 0 Å². The van der Waals surface area contributed by atoms with Crippen molar-refractivity contribution in [2.75, 3.05) is 13.1 Å². The minimum absolute atomic E-state index is 0.532. The zero-order valence-electron chi connectivity index (χ0n) is 9.92. The Morgan fingerprint density at radius 1 is 1.18 bits per heavy atom. The number of halogens is 2. The van der Waals surface area contributed by atoms with Crippen molar-refractivity contribution in [1.29, 1.82) is 0 Å². The van der Waals surface area contributed by atoms with E-state index in [-0.39, 0.29) is 0 Å². The lowest BCUT2D eigenvalue weighted by molar-refractivity contribution is -0.00734. The number of rotatable bonds is 2. The van der Waals surface area contributed by atoms with E-state index in [1.165, 1.54) is 12.1 Å². The van der Waals surface area contributed by atoms with Gasteiger partial charge in [0, 0.05) is 25.7 Å². The van der Waals surface area contributed by atoms with Gasteiger partial charge >= 0.3 is 0 Å². The molecule has 94 valence electrons. The molecule has 0 spiro atoms. The number of piperidine rings is 1. The molecule has 2 nitrogen and oxygen atoms in total. The molecule has 1 aromatic rings. The molecule has 1 fully saturated rings. The first-order valence-corrected chi connectivity index (χ1v) is 5.84. The summed E-state index contributed by atoms with van der Waals surface area (Å²) in [6, 6.07) is 3.59. The van der Waals surface area contributed by atoms with Crippen LogP contribution in [0.1, 0.15) is 25.3 Å². The zero-order chi connectivity index (χ0) is 12.5. The number of benzene rings is 1. The van der Waals surface area contributed by atoms with Gasteiger partial charge in [-0.1, -0.05) is 0 Å². The molecule has 17 heavy (non-hydrogen) atoms. The molecule has 1 N–H and O–H groups in total. The van der Waals surface area contributed by atoms with Crippen LogP contribution in [-0.2, 0) is 6.54 Å². The summed E-state index contributed by atoms with van der Waals surface area (Å²) in [4.78, 5) is 2.10. The summed E-state index contributed by atoms with van der Waals surface area (Å²) >= 11 is 0. The second kappa shape index (κ2) is 4.70. The molecule has 0 aromatic heterocycles. The number of aliphatic hydroxyl groups is 1. The van der Waals surface area contributed by atoms with E-state index in [0.29, 0.717) is 24.9 Å². The second-order valence-corrected chi connectivity index (χ2v) is 5.05. The van der Waals surface area contributed by atoms with Gasteiger partial charge in [0.15, 0.2) is 0 Å². The fourth-order valence-electron chi connectivity index (χ4n) is 2.15. The normalized spacial score (nSPS) is 20.5. The molecule has 0 saturated carbocycles. The monoisotopic (exact) mass is 241 g/mol. The van der Waals surface area contributed by atoms with Crippen LogP contribution in [0.4, 0.5) is 8.78 Å². The molecule has 4 heteroatoms. The van der Waals surface area contributed by atoms with Crippen LogP contribution < -0.4 is 0 Å². The van der Waals surface area contributed by atoms with E-state index in [2.05, 4.69) is 4.90 Å². The Labute approximate surface area is 99.9 Å². The molecule has 0 unspecified atom stereocenters. The third-order valence-electron chi connectivity index (χ3n) is 3.26. The topological polar surface area (TPSA) is 23.5 Å². The first-order valence-electron chi connectivity index (χ1n) is 5.84. The smallest absolute Gasteiger partial charge is 0.126 e. The van der Waals surface area contributed by atoms with Gasteiger partial charge in [0.1, 0.15) is 11.6 Å². The Morgan fingerprint density at radius 2 is 1.71 bits per heavy atom. The maximum absolute atomic E-state index is 13.0. The molecule has 0 bridgehead atoms. The lowest BCUT2D eigenvalue weighted by atomic mass is 9.93. The molecule has 1 aliphatic heterocycles. The van der Waals surface area contributed by atoms with E-state index < -0.39 is 17.2 Å². The Bertz CT molecular complexity index is 376. The zero-order valence-corrected chi connectivity index (χ0v) is 9.92. The van der Waals surface area contributed by atoms with E-state index in [0.717, 1.165) is 19.2 Å². The van der Waals surface area contributed by atoms with Crippen LogP contribution in [0.25, 0.3) is 0 Å². The average molecular weight is 241 g/mol. The number of hydrogen-bond donors (Lipinski definition) is 1. The van der Waals surface area contributed by atoms with Crippen LogP contribution in [0.5, 0.6) is 0 Å². The average Bonchev–Trinajstić information content (AvgIpc) is 2.20. The summed E-state index contributed by atoms with van der Waals surface area (Å²) in [7, 11) is 0. The van der Waals surface area contributed by atoms with Crippen molar-refractivity contribution >= 4 is 0 Å². The number of hydrogen-bond acceptors (Lipinski definition) is 2. The highest BCUT2D eigenvalue weighted by Crippen LogP contribution is 2.22. The van der Waals surface area contributed by atoms with Crippen LogP contribution >= 0.6 is 0 Å². The van der Waals surface area contributed by atoms with Gasteiger partial charge in [-0.15, -0.1) is 0 Å². The highest BCUT2D eigenvalue weighted by Gasteiger charge is 2.27. The van der Waals surface area contributed by atoms with Crippen molar-refractivity contribution in [1.82, 2.24) is 4.90 Å². The lowest BCUT2D eigenvalue weighted by Crippen LogP contribution is -2.41. The quantitative estimate of drug-likeness (QED) is 0.859. The maximum atomic E-state index is 13.0. The van der Waals surface area contributed by atoms with Gasteiger partial charge in [0.25, 0.3) is 0 Å². The van der Waals surface area contributed by atoms with Crippen LogP contribution in [-0.4, -0.2) is 28.7 Å². The standard InChI is InChI=1S/C13H17F2NO/c1-13(17)2-4-16(5-3-13)9-10-6-11(14)8-12(15)7-10/h6-8,17H,2-5,9H2,1H3. The van der Waals surface area contributed by atoms with Gasteiger partial charge < -0.3 is 5.11 Å². The van der Waals surface area contributed by atoms with Crippen molar-refractivity contribution < 1.29 is 13.9 Å². The third-order valence-corrected chi connectivity index (χ3v) is 3.26. The molecule has 0 atom stereocenters. The summed E-state index contributed by atoms with van der Waals surface area (Å²) in [5, 5.41) is 9.80. The molecule has 1 heterocycles. The summed E-state index contributed by atoms with van der Waals surface area (Å²) in [5.74, 6) is -1.08. The minimum Gasteiger partial charge on any atom is -0.390 e. The number of nitrogens with zero attached hydrogens (tertiary/aromatic N) is 1. The maximum Gasteiger partial charge on any atom is 0.126 e. The van der Waals surface area contributed by atoms with E-state index in [1.807, 2.05) is 6.92 Å².